The smallest absolute Gasteiger partial charge is 0.246 e. The second-order valence-electron chi connectivity index (χ2n) is 17.6. The number of alkyl halides is 2. The van der Waals surface area contributed by atoms with Crippen LogP contribution in [-0.4, -0.2) is 134 Å². The molecule has 3 saturated carbocycles. The molecule has 0 aromatic rings. The summed E-state index contributed by atoms with van der Waals surface area (Å²) >= 11 is 0. The molecule has 4 fully saturated rings. The molecule has 1 aliphatic heterocycles. The van der Waals surface area contributed by atoms with Crippen LogP contribution < -0.4 is 26.6 Å². The van der Waals surface area contributed by atoms with Crippen LogP contribution in [0.1, 0.15) is 85.0 Å². The molecular weight excluding hydrogens is 829 g/mol. The first-order chi connectivity index (χ1) is 30.0. The Morgan fingerprint density at radius 1 is 0.889 bits per heavy atom. The highest BCUT2D eigenvalue weighted by Gasteiger charge is 2.80. The van der Waals surface area contributed by atoms with Gasteiger partial charge in [0.25, 0.3) is 0 Å². The number of fused-ring (bicyclic) bond motifs is 7. The number of aliphatic hydroxyl groups excluding tert-OH is 1. The standard InChI is InChI=1S/C44H59F2N5O12/c1-4-10-40-62-34-17-28-29-16-31(45)30-15-26(52)13-14-41(30,2)43(29,46)32(53)18-42(28,3)44(34,63-40)33(54)23-60-25-51-38(58)22-49-36(56)20-47-35(55)19-48-37(57)21-50-39(59)24-61-27-11-8-6-5-7-9-12-27/h13-15,27-29,31-32,34,40,53H,4-8,10-11,16-25H2,1-3H3,(H,47,55)(H,48,57)(H,49,56)(H,50,59)(H,51,58)/t27?,28-,29-,31-,32-,34+,40?,41-,42-,43-,44+/m0/s1. The van der Waals surface area contributed by atoms with Gasteiger partial charge in [-0.1, -0.05) is 38.7 Å². The lowest BCUT2D eigenvalue weighted by Crippen LogP contribution is -2.71. The van der Waals surface area contributed by atoms with Gasteiger partial charge < -0.3 is 50.6 Å². The summed E-state index contributed by atoms with van der Waals surface area (Å²) in [5.74, 6) is 0.0657. The van der Waals surface area contributed by atoms with E-state index in [1.54, 1.807) is 6.92 Å². The molecule has 0 radical (unpaired) electrons. The van der Waals surface area contributed by atoms with E-state index >= 15 is 8.78 Å². The zero-order chi connectivity index (χ0) is 45.6. The van der Waals surface area contributed by atoms with Crippen LogP contribution in [0.5, 0.6) is 0 Å². The average Bonchev–Trinajstić information content (AvgIpc) is 3.72. The first-order valence-electron chi connectivity index (χ1n) is 21.8. The molecule has 346 valence electrons. The summed E-state index contributed by atoms with van der Waals surface area (Å²) in [6, 6.07) is 0. The monoisotopic (exact) mass is 887 g/mol. The van der Waals surface area contributed by atoms with E-state index in [9.17, 15) is 38.7 Å². The summed E-state index contributed by atoms with van der Waals surface area (Å²) in [5.41, 5.74) is -6.84. The van der Waals surface area contributed by atoms with E-state index in [4.69, 9.17) is 18.9 Å². The maximum absolute atomic E-state index is 17.7. The number of ether oxygens (including phenoxy) is 4. The lowest BCUT2D eigenvalue weighted by atomic mass is 9.44. The van der Waals surface area contributed by atoms with E-state index in [1.165, 1.54) is 19.1 Å². The minimum atomic E-state index is -2.35. The largest absolute Gasteiger partial charge is 0.390 e. The van der Waals surface area contributed by atoms with Crippen LogP contribution in [0.4, 0.5) is 8.78 Å². The second-order valence-corrected chi connectivity index (χ2v) is 17.6. The van der Waals surface area contributed by atoms with Crippen LogP contribution >= 0.6 is 0 Å². The van der Waals surface area contributed by atoms with Crippen molar-refractivity contribution in [1.29, 1.82) is 0 Å². The van der Waals surface area contributed by atoms with Crippen molar-refractivity contribution in [3.63, 3.8) is 0 Å². The highest BCUT2D eigenvalue weighted by atomic mass is 19.1. The summed E-state index contributed by atoms with van der Waals surface area (Å²) < 4.78 is 57.5. The third-order valence-corrected chi connectivity index (χ3v) is 13.7. The molecule has 0 bridgehead atoms. The molecular formula is C44H59F2N5O12. The van der Waals surface area contributed by atoms with Crippen molar-refractivity contribution in [2.24, 2.45) is 22.7 Å². The molecule has 0 aromatic carbocycles. The molecule has 2 unspecified atom stereocenters. The van der Waals surface area contributed by atoms with Gasteiger partial charge in [-0.2, -0.15) is 0 Å². The molecule has 17 nitrogen and oxygen atoms in total. The Hall–Kier alpha value is -4.61. The highest BCUT2D eigenvalue weighted by molar-refractivity contribution is 6.01. The lowest BCUT2D eigenvalue weighted by Gasteiger charge is -2.63. The van der Waals surface area contributed by atoms with Crippen molar-refractivity contribution in [3.8, 4) is 11.8 Å². The summed E-state index contributed by atoms with van der Waals surface area (Å²) in [5, 5.41) is 23.5. The molecule has 1 saturated heterocycles. The number of carbonyl (C=O) groups excluding carboxylic acids is 7. The fraction of sp³-hybridized carbons (Fsp3) is 0.705. The fourth-order valence-corrected chi connectivity index (χ4v) is 10.6. The van der Waals surface area contributed by atoms with Crippen LogP contribution in [0.15, 0.2) is 23.8 Å². The molecule has 0 spiro atoms. The Labute approximate surface area is 364 Å². The Kier molecular flexibility index (Phi) is 15.2. The summed E-state index contributed by atoms with van der Waals surface area (Å²) in [6.45, 7) is 2.04. The number of nitrogens with one attached hydrogen (secondary N) is 5. The van der Waals surface area contributed by atoms with E-state index in [1.807, 2.05) is 6.92 Å². The molecule has 6 N–H and O–H groups in total. The maximum atomic E-state index is 17.7. The van der Waals surface area contributed by atoms with Gasteiger partial charge in [0.2, 0.25) is 29.5 Å². The van der Waals surface area contributed by atoms with Crippen LogP contribution in [0, 0.1) is 34.5 Å². The van der Waals surface area contributed by atoms with Gasteiger partial charge in [-0.25, -0.2) is 8.78 Å². The first kappa shape index (κ1) is 47.9. The van der Waals surface area contributed by atoms with Crippen molar-refractivity contribution in [2.75, 3.05) is 46.1 Å². The van der Waals surface area contributed by atoms with Crippen molar-refractivity contribution in [2.45, 2.75) is 127 Å². The number of hydrogen-bond donors (Lipinski definition) is 6. The predicted octanol–water partition coefficient (Wildman–Crippen LogP) is 0.672. The summed E-state index contributed by atoms with van der Waals surface area (Å²) in [6.07, 6.45) is 3.76. The van der Waals surface area contributed by atoms with Gasteiger partial charge in [0.15, 0.2) is 29.1 Å². The minimum absolute atomic E-state index is 0.00536. The number of allylic oxidation sites excluding steroid dienone is 4. The average molecular weight is 888 g/mol. The van der Waals surface area contributed by atoms with Crippen LogP contribution in [0.3, 0.4) is 0 Å². The molecule has 6 aliphatic rings. The van der Waals surface area contributed by atoms with Gasteiger partial charge in [0.1, 0.15) is 32.2 Å². The second kappa shape index (κ2) is 20.1. The number of aliphatic hydroxyl groups is 1. The normalized spacial score (nSPS) is 35.1. The molecule has 63 heavy (non-hydrogen) atoms. The molecule has 0 aromatic heterocycles. The fourth-order valence-electron chi connectivity index (χ4n) is 10.6. The van der Waals surface area contributed by atoms with Crippen molar-refractivity contribution in [1.82, 2.24) is 26.6 Å². The minimum Gasteiger partial charge on any atom is -0.390 e. The van der Waals surface area contributed by atoms with Crippen LogP contribution in [-0.2, 0) is 52.5 Å². The van der Waals surface area contributed by atoms with E-state index in [2.05, 4.69) is 38.4 Å². The van der Waals surface area contributed by atoms with E-state index in [-0.39, 0.29) is 37.5 Å². The molecule has 5 aliphatic carbocycles. The first-order valence-corrected chi connectivity index (χ1v) is 21.8. The van der Waals surface area contributed by atoms with Gasteiger partial charge in [-0.15, -0.1) is 5.92 Å². The van der Waals surface area contributed by atoms with Crippen molar-refractivity contribution >= 4 is 41.1 Å². The molecule has 5 amide bonds. The molecule has 11 atom stereocenters. The molecule has 6 rings (SSSR count). The van der Waals surface area contributed by atoms with Gasteiger partial charge in [0, 0.05) is 23.2 Å². The summed E-state index contributed by atoms with van der Waals surface area (Å²) in [7, 11) is 0. The zero-order valence-corrected chi connectivity index (χ0v) is 36.0. The number of amides is 5. The number of ketones is 2. The van der Waals surface area contributed by atoms with E-state index in [0.29, 0.717) is 12.8 Å². The number of rotatable bonds is 18. The third-order valence-electron chi connectivity index (χ3n) is 13.7. The van der Waals surface area contributed by atoms with Crippen molar-refractivity contribution in [3.05, 3.63) is 23.8 Å². The SMILES string of the molecule is CCCC1O[C@@H]2C[C@H]3[C@@H]4C[C@H](F)C5=CC(=O)C=C[C@]5(C)[C@@]4(F)[C@@H](O)C[C@]3(C)[C@]2(C(=O)COCNC(=O)CNC(=O)CNC(=O)CNC(=O)CNC(=O)COC2C#CCCCCC2)O1. The van der Waals surface area contributed by atoms with Gasteiger partial charge in [0.05, 0.1) is 38.4 Å². The van der Waals surface area contributed by atoms with Crippen LogP contribution in [0.2, 0.25) is 0 Å². The molecule has 19 heteroatoms. The Balaban J connectivity index is 0.923. The quantitative estimate of drug-likeness (QED) is 0.0634. The number of Topliss-reactive ketones (excluding diaryl/α,β-unsaturated/α-hetero) is 1. The van der Waals surface area contributed by atoms with Gasteiger partial charge in [-0.05, 0) is 75.5 Å². The summed E-state index contributed by atoms with van der Waals surface area (Å²) in [4.78, 5) is 87.6. The Morgan fingerprint density at radius 3 is 2.21 bits per heavy atom. The third kappa shape index (κ3) is 9.75. The highest BCUT2D eigenvalue weighted by Crippen LogP contribution is 2.72. The maximum Gasteiger partial charge on any atom is 0.246 e. The van der Waals surface area contributed by atoms with Gasteiger partial charge >= 0.3 is 0 Å². The number of halogens is 2. The predicted molar refractivity (Wildman–Crippen MR) is 218 cm³/mol. The zero-order valence-electron chi connectivity index (χ0n) is 36.0. The Morgan fingerprint density at radius 2 is 1.54 bits per heavy atom. The van der Waals surface area contributed by atoms with Crippen LogP contribution in [0.25, 0.3) is 0 Å². The topological polar surface area (TPSA) is 237 Å². The van der Waals surface area contributed by atoms with E-state index in [0.717, 1.165) is 38.2 Å². The number of carbonyl (C=O) groups is 7. The number of hydrogen-bond acceptors (Lipinski definition) is 12. The Bertz CT molecular complexity index is 1940. The van der Waals surface area contributed by atoms with E-state index < -0.39 is 139 Å². The van der Waals surface area contributed by atoms with Crippen molar-refractivity contribution < 1.29 is 66.4 Å². The van der Waals surface area contributed by atoms with Gasteiger partial charge in [-0.3, -0.25) is 33.6 Å². The lowest BCUT2D eigenvalue weighted by molar-refractivity contribution is -0.235. The molecule has 1 heterocycles.